The fourth-order valence-corrected chi connectivity index (χ4v) is 2.05. The van der Waals surface area contributed by atoms with Crippen LogP contribution in [-0.2, 0) is 6.54 Å². The molecular weight excluding hydrogens is 353 g/mol. The van der Waals surface area contributed by atoms with Crippen LogP contribution in [0.25, 0.3) is 0 Å². The Morgan fingerprint density at radius 3 is 2.50 bits per heavy atom. The molecule has 0 saturated heterocycles. The molecule has 2 rings (SSSR count). The van der Waals surface area contributed by atoms with Crippen LogP contribution in [-0.4, -0.2) is 9.55 Å². The molecule has 0 spiro atoms. The van der Waals surface area contributed by atoms with Crippen LogP contribution in [0.1, 0.15) is 11.4 Å². The number of rotatable bonds is 2. The highest BCUT2D eigenvalue weighted by Crippen LogP contribution is 2.10. The van der Waals surface area contributed by atoms with Gasteiger partial charge in [0, 0.05) is 12.3 Å². The standard InChI is InChI=1S/C12H9F2IN2O/c1-7-16-5-11(15)12(18)17(7)6-8-2-9(13)4-10(14)3-8/h2-5H,6H2,1H3. The highest BCUT2D eigenvalue weighted by atomic mass is 127. The topological polar surface area (TPSA) is 34.9 Å². The van der Waals surface area contributed by atoms with Crippen molar-refractivity contribution in [2.24, 2.45) is 0 Å². The molecule has 0 atom stereocenters. The molecule has 3 nitrogen and oxygen atoms in total. The monoisotopic (exact) mass is 362 g/mol. The highest BCUT2D eigenvalue weighted by molar-refractivity contribution is 14.1. The summed E-state index contributed by atoms with van der Waals surface area (Å²) < 4.78 is 28.0. The Hall–Kier alpha value is -1.31. The molecular formula is C12H9F2IN2O. The van der Waals surface area contributed by atoms with Crippen molar-refractivity contribution in [3.63, 3.8) is 0 Å². The van der Waals surface area contributed by atoms with Gasteiger partial charge in [0.25, 0.3) is 5.56 Å². The molecule has 0 radical (unpaired) electrons. The minimum Gasteiger partial charge on any atom is -0.292 e. The highest BCUT2D eigenvalue weighted by Gasteiger charge is 2.08. The predicted octanol–water partition coefficient (Wildman–Crippen LogP) is 2.48. The molecule has 0 aliphatic carbocycles. The number of hydrogen-bond donors (Lipinski definition) is 0. The van der Waals surface area contributed by atoms with Crippen molar-refractivity contribution in [1.82, 2.24) is 9.55 Å². The summed E-state index contributed by atoms with van der Waals surface area (Å²) in [4.78, 5) is 15.9. The van der Waals surface area contributed by atoms with E-state index in [0.29, 0.717) is 15.0 Å². The Morgan fingerprint density at radius 1 is 1.28 bits per heavy atom. The summed E-state index contributed by atoms with van der Waals surface area (Å²) in [6.07, 6.45) is 1.47. The van der Waals surface area contributed by atoms with Crippen LogP contribution in [0.2, 0.25) is 0 Å². The lowest BCUT2D eigenvalue weighted by atomic mass is 10.2. The van der Waals surface area contributed by atoms with E-state index < -0.39 is 11.6 Å². The van der Waals surface area contributed by atoms with Gasteiger partial charge in [-0.05, 0) is 47.2 Å². The molecule has 0 bridgehead atoms. The van der Waals surface area contributed by atoms with Crippen LogP contribution < -0.4 is 5.56 Å². The first-order chi connectivity index (χ1) is 8.47. The molecule has 94 valence electrons. The van der Waals surface area contributed by atoms with Crippen molar-refractivity contribution < 1.29 is 8.78 Å². The van der Waals surface area contributed by atoms with Gasteiger partial charge in [-0.25, -0.2) is 13.8 Å². The molecule has 18 heavy (non-hydrogen) atoms. The molecule has 0 aliphatic heterocycles. The molecule has 2 aromatic rings. The van der Waals surface area contributed by atoms with Crippen molar-refractivity contribution in [2.75, 3.05) is 0 Å². The van der Waals surface area contributed by atoms with Gasteiger partial charge < -0.3 is 0 Å². The Morgan fingerprint density at radius 2 is 1.89 bits per heavy atom. The number of nitrogens with zero attached hydrogens (tertiary/aromatic N) is 2. The largest absolute Gasteiger partial charge is 0.292 e. The first-order valence-corrected chi connectivity index (χ1v) is 6.22. The fraction of sp³-hybridized carbons (Fsp3) is 0.167. The smallest absolute Gasteiger partial charge is 0.267 e. The van der Waals surface area contributed by atoms with Crippen molar-refractivity contribution >= 4 is 22.6 Å². The first kappa shape index (κ1) is 13.1. The molecule has 0 saturated carbocycles. The maximum absolute atomic E-state index is 13.1. The third-order valence-electron chi connectivity index (χ3n) is 2.47. The lowest BCUT2D eigenvalue weighted by Gasteiger charge is -2.09. The van der Waals surface area contributed by atoms with E-state index >= 15 is 0 Å². The molecule has 1 aromatic carbocycles. The van der Waals surface area contributed by atoms with Gasteiger partial charge in [0.05, 0.1) is 10.1 Å². The lowest BCUT2D eigenvalue weighted by Crippen LogP contribution is -2.26. The minimum absolute atomic E-state index is 0.100. The Kier molecular flexibility index (Phi) is 3.74. The summed E-state index contributed by atoms with van der Waals surface area (Å²) in [5, 5.41) is 0. The lowest BCUT2D eigenvalue weighted by molar-refractivity contribution is 0.575. The van der Waals surface area contributed by atoms with Crippen LogP contribution in [0.15, 0.2) is 29.2 Å². The number of halogens is 3. The van der Waals surface area contributed by atoms with E-state index in [0.717, 1.165) is 6.07 Å². The van der Waals surface area contributed by atoms with E-state index in [2.05, 4.69) is 4.98 Å². The SMILES string of the molecule is Cc1ncc(I)c(=O)n1Cc1cc(F)cc(F)c1. The van der Waals surface area contributed by atoms with Gasteiger partial charge in [-0.15, -0.1) is 0 Å². The number of aryl methyl sites for hydroxylation is 1. The summed E-state index contributed by atoms with van der Waals surface area (Å²) in [5.41, 5.74) is 0.175. The Labute approximate surface area is 116 Å². The molecule has 0 amide bonds. The summed E-state index contributed by atoms with van der Waals surface area (Å²) in [5.74, 6) is -0.811. The van der Waals surface area contributed by atoms with Gasteiger partial charge in [0.1, 0.15) is 17.5 Å². The quantitative estimate of drug-likeness (QED) is 0.770. The van der Waals surface area contributed by atoms with Crippen LogP contribution in [0.4, 0.5) is 8.78 Å². The van der Waals surface area contributed by atoms with Crippen LogP contribution in [0.3, 0.4) is 0 Å². The zero-order valence-electron chi connectivity index (χ0n) is 9.45. The maximum Gasteiger partial charge on any atom is 0.267 e. The Bertz CT molecular complexity index is 635. The molecule has 0 unspecified atom stereocenters. The van der Waals surface area contributed by atoms with E-state index in [1.165, 1.54) is 22.9 Å². The molecule has 0 aliphatic rings. The van der Waals surface area contributed by atoms with Crippen molar-refractivity contribution in [1.29, 1.82) is 0 Å². The van der Waals surface area contributed by atoms with Crippen LogP contribution in [0.5, 0.6) is 0 Å². The van der Waals surface area contributed by atoms with Gasteiger partial charge >= 0.3 is 0 Å². The second kappa shape index (κ2) is 5.13. The molecule has 1 aromatic heterocycles. The fourth-order valence-electron chi connectivity index (χ4n) is 1.62. The number of hydrogen-bond acceptors (Lipinski definition) is 2. The van der Waals surface area contributed by atoms with Crippen LogP contribution in [0, 0.1) is 22.1 Å². The molecule has 6 heteroatoms. The normalized spacial score (nSPS) is 10.7. The van der Waals surface area contributed by atoms with Crippen molar-refractivity contribution in [3.8, 4) is 0 Å². The zero-order valence-corrected chi connectivity index (χ0v) is 11.6. The average Bonchev–Trinajstić information content (AvgIpc) is 2.28. The second-order valence-electron chi connectivity index (χ2n) is 3.82. The van der Waals surface area contributed by atoms with Gasteiger partial charge in [0.2, 0.25) is 0 Å². The summed E-state index contributed by atoms with van der Waals surface area (Å²) in [7, 11) is 0. The van der Waals surface area contributed by atoms with Crippen LogP contribution >= 0.6 is 22.6 Å². The van der Waals surface area contributed by atoms with E-state index in [-0.39, 0.29) is 12.1 Å². The molecule has 0 fully saturated rings. The van der Waals surface area contributed by atoms with Crippen molar-refractivity contribution in [3.05, 3.63) is 61.3 Å². The van der Waals surface area contributed by atoms with Gasteiger partial charge in [0.15, 0.2) is 0 Å². The molecule has 0 N–H and O–H groups in total. The van der Waals surface area contributed by atoms with E-state index in [4.69, 9.17) is 0 Å². The number of benzene rings is 1. The average molecular weight is 362 g/mol. The third kappa shape index (κ3) is 2.74. The Balaban J connectivity index is 2.46. The van der Waals surface area contributed by atoms with E-state index in [1.54, 1.807) is 6.92 Å². The summed E-state index contributed by atoms with van der Waals surface area (Å²) in [6, 6.07) is 3.20. The third-order valence-corrected chi connectivity index (χ3v) is 3.21. The summed E-state index contributed by atoms with van der Waals surface area (Å²) in [6.45, 7) is 1.77. The van der Waals surface area contributed by atoms with E-state index in [1.807, 2.05) is 22.6 Å². The maximum atomic E-state index is 13.1. The predicted molar refractivity (Wildman–Crippen MR) is 71.4 cm³/mol. The number of aromatic nitrogens is 2. The minimum atomic E-state index is -0.658. The summed E-state index contributed by atoms with van der Waals surface area (Å²) >= 11 is 1.88. The van der Waals surface area contributed by atoms with E-state index in [9.17, 15) is 13.6 Å². The molecule has 1 heterocycles. The van der Waals surface area contributed by atoms with Gasteiger partial charge in [-0.1, -0.05) is 0 Å². The van der Waals surface area contributed by atoms with Gasteiger partial charge in [-0.3, -0.25) is 9.36 Å². The second-order valence-corrected chi connectivity index (χ2v) is 4.98. The van der Waals surface area contributed by atoms with Crippen molar-refractivity contribution in [2.45, 2.75) is 13.5 Å². The van der Waals surface area contributed by atoms with Gasteiger partial charge in [-0.2, -0.15) is 0 Å². The first-order valence-electron chi connectivity index (χ1n) is 5.14. The zero-order chi connectivity index (χ0) is 13.3.